The second-order valence-corrected chi connectivity index (χ2v) is 9.12. The molecule has 0 radical (unpaired) electrons. The van der Waals surface area contributed by atoms with Crippen LogP contribution in [0.3, 0.4) is 0 Å². The highest BCUT2D eigenvalue weighted by Crippen LogP contribution is 2.29. The lowest BCUT2D eigenvalue weighted by molar-refractivity contribution is 0.0729. The van der Waals surface area contributed by atoms with E-state index in [1.807, 2.05) is 41.3 Å². The summed E-state index contributed by atoms with van der Waals surface area (Å²) in [6.07, 6.45) is 4.30. The number of amides is 1. The molecule has 7 heteroatoms. The lowest BCUT2D eigenvalue weighted by atomic mass is 10.1. The Balaban J connectivity index is 1.45. The number of ether oxygens (including phenoxy) is 3. The SMILES string of the molecule is COc1cccc(CN(Cc2cccc(-c3cn4c(n3)CCC4)c2)C(=O)c2ccc(OC)c(OC)c2)c1. The van der Waals surface area contributed by atoms with Crippen molar-refractivity contribution < 1.29 is 19.0 Å². The fraction of sp³-hybridized carbons (Fsp3) is 0.267. The molecule has 1 aliphatic rings. The molecule has 1 amide bonds. The topological polar surface area (TPSA) is 65.8 Å². The van der Waals surface area contributed by atoms with E-state index in [1.54, 1.807) is 39.5 Å². The van der Waals surface area contributed by atoms with Gasteiger partial charge in [-0.1, -0.05) is 30.3 Å². The van der Waals surface area contributed by atoms with Crippen LogP contribution in [0.1, 0.15) is 33.7 Å². The number of hydrogen-bond donors (Lipinski definition) is 0. The highest BCUT2D eigenvalue weighted by molar-refractivity contribution is 5.95. The van der Waals surface area contributed by atoms with Gasteiger partial charge >= 0.3 is 0 Å². The van der Waals surface area contributed by atoms with E-state index in [-0.39, 0.29) is 5.91 Å². The number of benzene rings is 3. The first kappa shape index (κ1) is 24.4. The summed E-state index contributed by atoms with van der Waals surface area (Å²) in [5, 5.41) is 0. The van der Waals surface area contributed by atoms with Gasteiger partial charge in [-0.3, -0.25) is 4.79 Å². The highest BCUT2D eigenvalue weighted by Gasteiger charge is 2.20. The minimum absolute atomic E-state index is 0.102. The maximum absolute atomic E-state index is 13.8. The average molecular weight is 498 g/mol. The molecule has 2 heterocycles. The molecule has 0 saturated heterocycles. The maximum Gasteiger partial charge on any atom is 0.254 e. The van der Waals surface area contributed by atoms with E-state index < -0.39 is 0 Å². The molecule has 0 aliphatic carbocycles. The van der Waals surface area contributed by atoms with Gasteiger partial charge in [-0.05, 0) is 53.9 Å². The quantitative estimate of drug-likeness (QED) is 0.311. The third-order valence-corrected chi connectivity index (χ3v) is 6.68. The van der Waals surface area contributed by atoms with E-state index >= 15 is 0 Å². The van der Waals surface area contributed by atoms with Crippen LogP contribution in [0.15, 0.2) is 72.9 Å². The van der Waals surface area contributed by atoms with Gasteiger partial charge in [-0.25, -0.2) is 4.98 Å². The number of carbonyl (C=O) groups excluding carboxylic acids is 1. The summed E-state index contributed by atoms with van der Waals surface area (Å²) >= 11 is 0. The number of fused-ring (bicyclic) bond motifs is 1. The van der Waals surface area contributed by atoms with E-state index in [4.69, 9.17) is 19.2 Å². The first-order valence-corrected chi connectivity index (χ1v) is 12.4. The van der Waals surface area contributed by atoms with Crippen LogP contribution in [0.2, 0.25) is 0 Å². The summed E-state index contributed by atoms with van der Waals surface area (Å²) in [6, 6.07) is 21.3. The molecule has 0 unspecified atom stereocenters. The average Bonchev–Trinajstić information content (AvgIpc) is 3.55. The fourth-order valence-electron chi connectivity index (χ4n) is 4.79. The first-order valence-electron chi connectivity index (χ1n) is 12.4. The summed E-state index contributed by atoms with van der Waals surface area (Å²) < 4.78 is 18.4. The third-order valence-electron chi connectivity index (χ3n) is 6.68. The van der Waals surface area contributed by atoms with Crippen LogP contribution in [0.25, 0.3) is 11.3 Å². The van der Waals surface area contributed by atoms with E-state index in [0.717, 1.165) is 53.3 Å². The van der Waals surface area contributed by atoms with Gasteiger partial charge in [-0.2, -0.15) is 0 Å². The van der Waals surface area contributed by atoms with Crippen LogP contribution >= 0.6 is 0 Å². The van der Waals surface area contributed by atoms with E-state index in [9.17, 15) is 4.79 Å². The Bertz CT molecular complexity index is 1390. The zero-order valence-electron chi connectivity index (χ0n) is 21.4. The van der Waals surface area contributed by atoms with Gasteiger partial charge in [0.1, 0.15) is 11.6 Å². The number of rotatable bonds is 9. The standard InChI is InChI=1S/C30H31N3O4/c1-35-25-10-5-8-22(16-25)19-33(30(34)24-12-13-27(36-2)28(17-24)37-3)18-21-7-4-9-23(15-21)26-20-32-14-6-11-29(32)31-26/h4-5,7-10,12-13,15-17,20H,6,11,14,18-19H2,1-3H3. The summed E-state index contributed by atoms with van der Waals surface area (Å²) in [4.78, 5) is 20.5. The monoisotopic (exact) mass is 497 g/mol. The Hall–Kier alpha value is -4.26. The van der Waals surface area contributed by atoms with Crippen molar-refractivity contribution in [1.82, 2.24) is 14.5 Å². The second-order valence-electron chi connectivity index (χ2n) is 9.12. The van der Waals surface area contributed by atoms with Crippen molar-refractivity contribution in [3.8, 4) is 28.5 Å². The van der Waals surface area contributed by atoms with Crippen molar-refractivity contribution >= 4 is 5.91 Å². The van der Waals surface area contributed by atoms with Crippen LogP contribution in [0.4, 0.5) is 0 Å². The zero-order chi connectivity index (χ0) is 25.8. The Kier molecular flexibility index (Phi) is 7.12. The van der Waals surface area contributed by atoms with Crippen LogP contribution in [0, 0.1) is 0 Å². The van der Waals surface area contributed by atoms with Crippen molar-refractivity contribution in [2.24, 2.45) is 0 Å². The number of carbonyl (C=O) groups is 1. The lowest BCUT2D eigenvalue weighted by Crippen LogP contribution is -2.30. The van der Waals surface area contributed by atoms with Crippen LogP contribution in [-0.2, 0) is 26.1 Å². The van der Waals surface area contributed by atoms with E-state index in [1.165, 1.54) is 0 Å². The van der Waals surface area contributed by atoms with Crippen LogP contribution in [0.5, 0.6) is 17.2 Å². The maximum atomic E-state index is 13.8. The molecular formula is C30H31N3O4. The molecule has 0 fully saturated rings. The predicted octanol–water partition coefficient (Wildman–Crippen LogP) is 5.36. The normalized spacial score (nSPS) is 12.2. The minimum atomic E-state index is -0.102. The fourth-order valence-corrected chi connectivity index (χ4v) is 4.79. The van der Waals surface area contributed by atoms with Gasteiger partial charge < -0.3 is 23.7 Å². The first-order chi connectivity index (χ1) is 18.1. The summed E-state index contributed by atoms with van der Waals surface area (Å²) in [6.45, 7) is 1.88. The molecule has 1 aromatic heterocycles. The summed E-state index contributed by atoms with van der Waals surface area (Å²) in [5.74, 6) is 2.90. The molecule has 7 nitrogen and oxygen atoms in total. The van der Waals surface area contributed by atoms with Gasteiger partial charge in [0.15, 0.2) is 11.5 Å². The molecule has 4 aromatic rings. The smallest absolute Gasteiger partial charge is 0.254 e. The number of nitrogens with zero attached hydrogens (tertiary/aromatic N) is 3. The number of methoxy groups -OCH3 is 3. The Labute approximate surface area is 217 Å². The predicted molar refractivity (Wildman–Crippen MR) is 142 cm³/mol. The molecule has 3 aromatic carbocycles. The summed E-state index contributed by atoms with van der Waals surface area (Å²) in [5.41, 5.74) is 4.57. The third kappa shape index (κ3) is 5.31. The molecule has 0 N–H and O–H groups in total. The number of hydrogen-bond acceptors (Lipinski definition) is 5. The van der Waals surface area contributed by atoms with Crippen LogP contribution < -0.4 is 14.2 Å². The van der Waals surface area contributed by atoms with E-state index in [0.29, 0.717) is 30.2 Å². The largest absolute Gasteiger partial charge is 0.497 e. The molecule has 1 aliphatic heterocycles. The minimum Gasteiger partial charge on any atom is -0.497 e. The van der Waals surface area contributed by atoms with Crippen LogP contribution in [-0.4, -0.2) is 41.7 Å². The summed E-state index contributed by atoms with van der Waals surface area (Å²) in [7, 11) is 4.79. The lowest BCUT2D eigenvalue weighted by Gasteiger charge is -2.24. The van der Waals surface area contributed by atoms with Gasteiger partial charge in [0.2, 0.25) is 0 Å². The van der Waals surface area contributed by atoms with Gasteiger partial charge in [0, 0.05) is 43.4 Å². The molecule has 0 atom stereocenters. The van der Waals surface area contributed by atoms with Gasteiger partial charge in [0.25, 0.3) is 5.91 Å². The Morgan fingerprint density at radius 3 is 2.38 bits per heavy atom. The molecule has 0 spiro atoms. The van der Waals surface area contributed by atoms with Crippen molar-refractivity contribution in [1.29, 1.82) is 0 Å². The highest BCUT2D eigenvalue weighted by atomic mass is 16.5. The number of aryl methyl sites for hydroxylation is 2. The molecule has 37 heavy (non-hydrogen) atoms. The Morgan fingerprint density at radius 2 is 1.65 bits per heavy atom. The van der Waals surface area contributed by atoms with Crippen molar-refractivity contribution in [3.05, 3.63) is 95.4 Å². The molecule has 5 rings (SSSR count). The number of aromatic nitrogens is 2. The molecule has 190 valence electrons. The molecule has 0 bridgehead atoms. The van der Waals surface area contributed by atoms with Gasteiger partial charge in [-0.15, -0.1) is 0 Å². The van der Waals surface area contributed by atoms with Gasteiger partial charge in [0.05, 0.1) is 27.0 Å². The van der Waals surface area contributed by atoms with Crippen molar-refractivity contribution in [2.45, 2.75) is 32.5 Å². The zero-order valence-corrected chi connectivity index (χ0v) is 21.4. The second kappa shape index (κ2) is 10.8. The van der Waals surface area contributed by atoms with Crippen molar-refractivity contribution in [2.75, 3.05) is 21.3 Å². The van der Waals surface area contributed by atoms with Crippen molar-refractivity contribution in [3.63, 3.8) is 0 Å². The Morgan fingerprint density at radius 1 is 0.892 bits per heavy atom. The number of imidazole rings is 1. The molecular weight excluding hydrogens is 466 g/mol. The van der Waals surface area contributed by atoms with E-state index in [2.05, 4.69) is 22.9 Å². The molecule has 0 saturated carbocycles.